The van der Waals surface area contributed by atoms with E-state index in [1.165, 1.54) is 31.2 Å². The lowest BCUT2D eigenvalue weighted by Crippen LogP contribution is -2.37. The first-order valence-corrected chi connectivity index (χ1v) is 11.9. The maximum Gasteiger partial charge on any atom is 0.338 e. The number of esters is 1. The Hall–Kier alpha value is -2.70. The molecule has 0 radical (unpaired) electrons. The van der Waals surface area contributed by atoms with E-state index in [0.717, 1.165) is 19.3 Å². The molecule has 1 aliphatic carbocycles. The van der Waals surface area contributed by atoms with Crippen LogP contribution in [-0.2, 0) is 19.6 Å². The van der Waals surface area contributed by atoms with Gasteiger partial charge in [0.2, 0.25) is 15.8 Å². The second kappa shape index (κ2) is 8.34. The normalized spacial score (nSPS) is 25.5. The first-order chi connectivity index (χ1) is 14.8. The fourth-order valence-corrected chi connectivity index (χ4v) is 7.09. The SMILES string of the molecule is C/C(N)=C(\C#N)C(=O)COC(=O)c1cccc(S(=O)(=O)N2CC3(C)CC2CC(C)(C)C3)c1. The van der Waals surface area contributed by atoms with Crippen LogP contribution in [0.15, 0.2) is 40.4 Å². The smallest absolute Gasteiger partial charge is 0.338 e. The lowest BCUT2D eigenvalue weighted by Gasteiger charge is -2.39. The Labute approximate surface area is 189 Å². The van der Waals surface area contributed by atoms with Gasteiger partial charge in [-0.05, 0) is 55.2 Å². The largest absolute Gasteiger partial charge is 0.454 e. The molecule has 0 aromatic heterocycles. The number of ether oxygens (including phenoxy) is 1. The van der Waals surface area contributed by atoms with Crippen molar-refractivity contribution in [1.82, 2.24) is 4.31 Å². The quantitative estimate of drug-likeness (QED) is 0.393. The number of benzene rings is 1. The predicted octanol–water partition coefficient (Wildman–Crippen LogP) is 2.76. The predicted molar refractivity (Wildman–Crippen MR) is 118 cm³/mol. The molecule has 2 aliphatic rings. The van der Waals surface area contributed by atoms with Crippen molar-refractivity contribution in [2.24, 2.45) is 16.6 Å². The average Bonchev–Trinajstić information content (AvgIpc) is 2.95. The van der Waals surface area contributed by atoms with E-state index in [1.54, 1.807) is 10.4 Å². The molecule has 2 unspecified atom stereocenters. The number of fused-ring (bicyclic) bond motifs is 2. The molecule has 2 bridgehead atoms. The summed E-state index contributed by atoms with van der Waals surface area (Å²) in [5.41, 5.74) is 5.26. The maximum absolute atomic E-state index is 13.4. The van der Waals surface area contributed by atoms with Gasteiger partial charge in [0, 0.05) is 18.3 Å². The Balaban J connectivity index is 1.79. The third-order valence-electron chi connectivity index (χ3n) is 6.16. The molecule has 3 rings (SSSR count). The number of sulfonamides is 1. The minimum absolute atomic E-state index is 0.0135. The van der Waals surface area contributed by atoms with Crippen LogP contribution in [0.5, 0.6) is 0 Å². The number of hydrogen-bond acceptors (Lipinski definition) is 7. The van der Waals surface area contributed by atoms with Gasteiger partial charge in [-0.15, -0.1) is 0 Å². The van der Waals surface area contributed by atoms with Crippen molar-refractivity contribution in [3.63, 3.8) is 0 Å². The van der Waals surface area contributed by atoms with Crippen LogP contribution in [0.4, 0.5) is 0 Å². The number of nitrogens with zero attached hydrogens (tertiary/aromatic N) is 2. The second-order valence-corrected chi connectivity index (χ2v) is 11.9. The highest BCUT2D eigenvalue weighted by Gasteiger charge is 2.53. The van der Waals surface area contributed by atoms with Crippen LogP contribution in [0.2, 0.25) is 0 Å². The second-order valence-electron chi connectivity index (χ2n) is 9.96. The van der Waals surface area contributed by atoms with Crippen molar-refractivity contribution >= 4 is 21.8 Å². The molecule has 9 heteroatoms. The molecule has 1 aromatic carbocycles. The lowest BCUT2D eigenvalue weighted by atomic mass is 9.65. The van der Waals surface area contributed by atoms with Crippen molar-refractivity contribution in [3.05, 3.63) is 41.1 Å². The number of carbonyl (C=O) groups is 2. The van der Waals surface area contributed by atoms with Gasteiger partial charge in [-0.3, -0.25) is 4.79 Å². The summed E-state index contributed by atoms with van der Waals surface area (Å²) in [6.45, 7) is 7.67. The van der Waals surface area contributed by atoms with E-state index in [0.29, 0.717) is 6.54 Å². The molecule has 172 valence electrons. The molecule has 2 N–H and O–H groups in total. The van der Waals surface area contributed by atoms with Crippen molar-refractivity contribution < 1.29 is 22.7 Å². The van der Waals surface area contributed by atoms with Gasteiger partial charge in [-0.25, -0.2) is 13.2 Å². The summed E-state index contributed by atoms with van der Waals surface area (Å²) in [5, 5.41) is 8.97. The topological polar surface area (TPSA) is 131 Å². The van der Waals surface area contributed by atoms with Gasteiger partial charge in [-0.2, -0.15) is 9.57 Å². The van der Waals surface area contributed by atoms with Crippen LogP contribution in [0.25, 0.3) is 0 Å². The third kappa shape index (κ3) is 4.71. The van der Waals surface area contributed by atoms with Crippen molar-refractivity contribution in [1.29, 1.82) is 5.26 Å². The zero-order chi connectivity index (χ0) is 23.9. The molecule has 2 fully saturated rings. The first kappa shape index (κ1) is 24.0. The number of Topliss-reactive ketones (excluding diaryl/α,β-unsaturated/α-hetero) is 1. The molecule has 1 aromatic rings. The summed E-state index contributed by atoms with van der Waals surface area (Å²) < 4.78 is 33.4. The highest BCUT2D eigenvalue weighted by Crippen LogP contribution is 2.53. The number of hydrogen-bond donors (Lipinski definition) is 1. The molecule has 8 nitrogen and oxygen atoms in total. The molecular formula is C23H29N3O5S. The Bertz CT molecular complexity index is 1130. The van der Waals surface area contributed by atoms with Crippen molar-refractivity contribution in [3.8, 4) is 6.07 Å². The van der Waals surface area contributed by atoms with E-state index >= 15 is 0 Å². The molecule has 1 heterocycles. The number of nitrogens with two attached hydrogens (primary N) is 1. The summed E-state index contributed by atoms with van der Waals surface area (Å²) in [6, 6.07) is 7.24. The fourth-order valence-electron chi connectivity index (χ4n) is 5.27. The van der Waals surface area contributed by atoms with Crippen LogP contribution >= 0.6 is 0 Å². The van der Waals surface area contributed by atoms with Gasteiger partial charge >= 0.3 is 5.97 Å². The van der Waals surface area contributed by atoms with E-state index in [1.807, 2.05) is 0 Å². The number of carbonyl (C=O) groups excluding carboxylic acids is 2. The van der Waals surface area contributed by atoms with Gasteiger partial charge in [0.25, 0.3) is 0 Å². The van der Waals surface area contributed by atoms with E-state index < -0.39 is 28.4 Å². The van der Waals surface area contributed by atoms with Crippen LogP contribution < -0.4 is 5.73 Å². The molecule has 1 saturated carbocycles. The maximum atomic E-state index is 13.4. The minimum atomic E-state index is -3.81. The van der Waals surface area contributed by atoms with Gasteiger partial charge < -0.3 is 10.5 Å². The minimum Gasteiger partial charge on any atom is -0.454 e. The Morgan fingerprint density at radius 2 is 1.97 bits per heavy atom. The molecule has 0 spiro atoms. The lowest BCUT2D eigenvalue weighted by molar-refractivity contribution is -0.118. The molecule has 1 saturated heterocycles. The van der Waals surface area contributed by atoms with Crippen LogP contribution in [0.1, 0.15) is 57.3 Å². The summed E-state index contributed by atoms with van der Waals surface area (Å²) in [6.07, 6.45) is 2.58. The summed E-state index contributed by atoms with van der Waals surface area (Å²) in [7, 11) is -3.81. The molecule has 0 amide bonds. The first-order valence-electron chi connectivity index (χ1n) is 10.5. The van der Waals surface area contributed by atoms with E-state index in [4.69, 9.17) is 15.7 Å². The molecule has 1 aliphatic heterocycles. The Morgan fingerprint density at radius 3 is 2.59 bits per heavy atom. The van der Waals surface area contributed by atoms with Crippen molar-refractivity contribution in [2.45, 2.75) is 57.9 Å². The van der Waals surface area contributed by atoms with Gasteiger partial charge in [0.15, 0.2) is 6.61 Å². The zero-order valence-corrected chi connectivity index (χ0v) is 19.7. The van der Waals surface area contributed by atoms with Crippen molar-refractivity contribution in [2.75, 3.05) is 13.2 Å². The molecule has 32 heavy (non-hydrogen) atoms. The Morgan fingerprint density at radius 1 is 1.28 bits per heavy atom. The number of rotatable bonds is 6. The highest BCUT2D eigenvalue weighted by atomic mass is 32.2. The zero-order valence-electron chi connectivity index (χ0n) is 18.8. The molecular weight excluding hydrogens is 430 g/mol. The summed E-state index contributed by atoms with van der Waals surface area (Å²) in [4.78, 5) is 24.5. The van der Waals surface area contributed by atoms with Gasteiger partial charge in [0.1, 0.15) is 11.6 Å². The summed E-state index contributed by atoms with van der Waals surface area (Å²) in [5.74, 6) is -1.57. The van der Waals surface area contributed by atoms with Crippen LogP contribution in [0, 0.1) is 22.2 Å². The van der Waals surface area contributed by atoms with Crippen LogP contribution in [-0.4, -0.2) is 43.7 Å². The van der Waals surface area contributed by atoms with Gasteiger partial charge in [-0.1, -0.05) is 26.8 Å². The molecule has 2 atom stereocenters. The van der Waals surface area contributed by atoms with Gasteiger partial charge in [0.05, 0.1) is 10.5 Å². The summed E-state index contributed by atoms with van der Waals surface area (Å²) >= 11 is 0. The van der Waals surface area contributed by atoms with E-state index in [9.17, 15) is 18.0 Å². The third-order valence-corrected chi connectivity index (χ3v) is 8.06. The average molecular weight is 460 g/mol. The monoisotopic (exact) mass is 459 g/mol. The standard InChI is InChI=1S/C23H29N3O5S/c1-15(25)19(11-24)20(27)12-31-21(28)16-6-5-7-18(8-16)32(29,30)26-14-23(4)10-17(26)9-22(2,3)13-23/h5-8,17H,9-10,12-14,25H2,1-4H3/b19-15-. The number of nitriles is 1. The van der Waals surface area contributed by atoms with Crippen LogP contribution in [0.3, 0.4) is 0 Å². The fraction of sp³-hybridized carbons (Fsp3) is 0.522. The van der Waals surface area contributed by atoms with E-state index in [-0.39, 0.29) is 38.6 Å². The Kier molecular flexibility index (Phi) is 6.24. The van der Waals surface area contributed by atoms with E-state index in [2.05, 4.69) is 20.8 Å². The number of allylic oxidation sites excluding steroid dienone is 1. The number of ketones is 1. The highest BCUT2D eigenvalue weighted by molar-refractivity contribution is 7.89.